The minimum absolute atomic E-state index is 0.199. The molecule has 0 fully saturated rings. The second kappa shape index (κ2) is 6.38. The molecular weight excluding hydrogens is 284 g/mol. The third-order valence-corrected chi connectivity index (χ3v) is 3.31. The molecule has 0 amide bonds. The monoisotopic (exact) mass is 302 g/mol. The van der Waals surface area contributed by atoms with Gasteiger partial charge in [-0.3, -0.25) is 13.9 Å². The first-order valence-electron chi connectivity index (χ1n) is 7.04. The van der Waals surface area contributed by atoms with Crippen LogP contribution in [0.1, 0.15) is 19.4 Å². The molecule has 0 saturated heterocycles. The van der Waals surface area contributed by atoms with Gasteiger partial charge in [0.15, 0.2) is 0 Å². The predicted octanol–water partition coefficient (Wildman–Crippen LogP) is 2.48. The summed E-state index contributed by atoms with van der Waals surface area (Å²) >= 11 is 0. The highest BCUT2D eigenvalue weighted by molar-refractivity contribution is 5.45. The molecule has 2 aromatic rings. The normalized spacial score (nSPS) is 11.2. The Kier molecular flexibility index (Phi) is 4.55. The van der Waals surface area contributed by atoms with Gasteiger partial charge in [0.05, 0.1) is 5.69 Å². The van der Waals surface area contributed by atoms with Gasteiger partial charge in [-0.1, -0.05) is 17.7 Å². The largest absolute Gasteiger partial charge is 0.493 e. The van der Waals surface area contributed by atoms with E-state index in [0.717, 1.165) is 14.7 Å². The van der Waals surface area contributed by atoms with Crippen LogP contribution in [-0.4, -0.2) is 14.2 Å². The van der Waals surface area contributed by atoms with Crippen LogP contribution in [0.4, 0.5) is 11.4 Å². The van der Waals surface area contributed by atoms with Crippen LogP contribution < -0.4 is 11.2 Å². The maximum absolute atomic E-state index is 12.2. The predicted molar refractivity (Wildman–Crippen MR) is 83.3 cm³/mol. The van der Waals surface area contributed by atoms with Crippen LogP contribution in [0.2, 0.25) is 0 Å². The fourth-order valence-corrected chi connectivity index (χ4v) is 2.05. The first kappa shape index (κ1) is 15.7. The molecule has 1 N–H and O–H groups in total. The zero-order chi connectivity index (χ0) is 16.3. The molecule has 0 spiro atoms. The molecule has 1 heterocycles. The van der Waals surface area contributed by atoms with E-state index in [2.05, 4.69) is 10.2 Å². The molecule has 1 aromatic carbocycles. The Morgan fingerprint density at radius 2 is 1.59 bits per heavy atom. The number of aromatic nitrogens is 2. The van der Waals surface area contributed by atoms with Crippen molar-refractivity contribution in [2.24, 2.45) is 10.2 Å². The van der Waals surface area contributed by atoms with Crippen molar-refractivity contribution >= 4 is 11.4 Å². The Balaban J connectivity index is 2.58. The van der Waals surface area contributed by atoms with E-state index < -0.39 is 17.1 Å². The van der Waals surface area contributed by atoms with Gasteiger partial charge in [-0.25, -0.2) is 4.79 Å². The van der Waals surface area contributed by atoms with Crippen molar-refractivity contribution in [3.8, 4) is 5.88 Å². The van der Waals surface area contributed by atoms with E-state index >= 15 is 0 Å². The van der Waals surface area contributed by atoms with Crippen LogP contribution in [0.5, 0.6) is 5.88 Å². The smallest absolute Gasteiger partial charge is 0.333 e. The van der Waals surface area contributed by atoms with E-state index in [1.807, 2.05) is 19.1 Å². The molecule has 0 aliphatic rings. The van der Waals surface area contributed by atoms with E-state index in [4.69, 9.17) is 0 Å². The average molecular weight is 302 g/mol. The van der Waals surface area contributed by atoms with Crippen molar-refractivity contribution in [1.29, 1.82) is 0 Å². The number of hydrogen-bond acceptors (Lipinski definition) is 5. The lowest BCUT2D eigenvalue weighted by atomic mass is 10.2. The summed E-state index contributed by atoms with van der Waals surface area (Å²) in [4.78, 5) is 24.3. The van der Waals surface area contributed by atoms with Crippen molar-refractivity contribution in [3.63, 3.8) is 0 Å². The molecule has 0 radical (unpaired) electrons. The molecule has 0 bridgehead atoms. The highest BCUT2D eigenvalue weighted by atomic mass is 16.3. The average Bonchev–Trinajstić information content (AvgIpc) is 2.50. The summed E-state index contributed by atoms with van der Waals surface area (Å²) in [5.41, 5.74) is 0.201. The SMILES string of the molecule is CCn1c(O)c(N=Nc2ccc(C)cc2)c(=O)n(CC)c1=O. The molecule has 0 atom stereocenters. The molecule has 0 unspecified atom stereocenters. The van der Waals surface area contributed by atoms with E-state index in [0.29, 0.717) is 5.69 Å². The number of rotatable bonds is 4. The maximum Gasteiger partial charge on any atom is 0.333 e. The summed E-state index contributed by atoms with van der Waals surface area (Å²) in [6, 6.07) is 7.24. The molecular formula is C15H18N4O3. The van der Waals surface area contributed by atoms with Gasteiger partial charge < -0.3 is 5.11 Å². The Morgan fingerprint density at radius 3 is 2.14 bits per heavy atom. The molecule has 116 valence electrons. The van der Waals surface area contributed by atoms with Gasteiger partial charge in [-0.15, -0.1) is 5.11 Å². The molecule has 0 aliphatic heterocycles. The zero-order valence-corrected chi connectivity index (χ0v) is 12.8. The van der Waals surface area contributed by atoms with E-state index in [-0.39, 0.29) is 18.8 Å². The lowest BCUT2D eigenvalue weighted by Crippen LogP contribution is -2.38. The molecule has 1 aromatic heterocycles. The van der Waals surface area contributed by atoms with Gasteiger partial charge in [0.2, 0.25) is 11.6 Å². The van der Waals surface area contributed by atoms with Crippen molar-refractivity contribution in [2.75, 3.05) is 0 Å². The summed E-state index contributed by atoms with van der Waals surface area (Å²) in [5.74, 6) is -0.460. The van der Waals surface area contributed by atoms with Crippen LogP contribution >= 0.6 is 0 Å². The molecule has 7 nitrogen and oxygen atoms in total. The van der Waals surface area contributed by atoms with Gasteiger partial charge in [0.25, 0.3) is 5.56 Å². The lowest BCUT2D eigenvalue weighted by Gasteiger charge is -2.10. The van der Waals surface area contributed by atoms with Crippen molar-refractivity contribution in [2.45, 2.75) is 33.9 Å². The zero-order valence-electron chi connectivity index (χ0n) is 12.8. The minimum Gasteiger partial charge on any atom is -0.493 e. The first-order chi connectivity index (χ1) is 10.5. The van der Waals surface area contributed by atoms with Crippen molar-refractivity contribution < 1.29 is 5.11 Å². The van der Waals surface area contributed by atoms with Crippen LogP contribution in [0.15, 0.2) is 44.1 Å². The summed E-state index contributed by atoms with van der Waals surface area (Å²) in [6.45, 7) is 5.76. The van der Waals surface area contributed by atoms with Gasteiger partial charge >= 0.3 is 5.69 Å². The highest BCUT2D eigenvalue weighted by Gasteiger charge is 2.16. The van der Waals surface area contributed by atoms with Gasteiger partial charge in [0.1, 0.15) is 0 Å². The Labute approximate surface area is 127 Å². The first-order valence-corrected chi connectivity index (χ1v) is 7.04. The molecule has 22 heavy (non-hydrogen) atoms. The summed E-state index contributed by atoms with van der Waals surface area (Å²) < 4.78 is 2.11. The molecule has 0 aliphatic carbocycles. The Morgan fingerprint density at radius 1 is 1.00 bits per heavy atom. The fraction of sp³-hybridized carbons (Fsp3) is 0.333. The molecule has 2 rings (SSSR count). The number of benzene rings is 1. The van der Waals surface area contributed by atoms with E-state index in [1.165, 1.54) is 0 Å². The topological polar surface area (TPSA) is 88.9 Å². The molecule has 0 saturated carbocycles. The third-order valence-electron chi connectivity index (χ3n) is 3.31. The third kappa shape index (κ3) is 2.83. The fourth-order valence-electron chi connectivity index (χ4n) is 2.05. The Hall–Kier alpha value is -2.70. The van der Waals surface area contributed by atoms with Crippen LogP contribution in [0.3, 0.4) is 0 Å². The van der Waals surface area contributed by atoms with Crippen molar-refractivity contribution in [1.82, 2.24) is 9.13 Å². The maximum atomic E-state index is 12.2. The van der Waals surface area contributed by atoms with Crippen molar-refractivity contribution in [3.05, 3.63) is 50.7 Å². The summed E-state index contributed by atoms with van der Waals surface area (Å²) in [5, 5.41) is 17.9. The van der Waals surface area contributed by atoms with Gasteiger partial charge in [0, 0.05) is 13.1 Å². The number of nitrogens with zero attached hydrogens (tertiary/aromatic N) is 4. The number of aromatic hydroxyl groups is 1. The van der Waals surface area contributed by atoms with Gasteiger partial charge in [-0.2, -0.15) is 5.11 Å². The van der Waals surface area contributed by atoms with Crippen LogP contribution in [0.25, 0.3) is 0 Å². The number of aryl methyl sites for hydroxylation is 1. The minimum atomic E-state index is -0.648. The molecule has 7 heteroatoms. The second-order valence-corrected chi connectivity index (χ2v) is 4.78. The quantitative estimate of drug-likeness (QED) is 0.880. The summed E-state index contributed by atoms with van der Waals surface area (Å²) in [6.07, 6.45) is 0. The lowest BCUT2D eigenvalue weighted by molar-refractivity contribution is 0.397. The second-order valence-electron chi connectivity index (χ2n) is 4.78. The van der Waals surface area contributed by atoms with E-state index in [9.17, 15) is 14.7 Å². The number of hydrogen-bond donors (Lipinski definition) is 1. The highest BCUT2D eigenvalue weighted by Crippen LogP contribution is 2.23. The van der Waals surface area contributed by atoms with E-state index in [1.54, 1.807) is 26.0 Å². The standard InChI is InChI=1S/C15H18N4O3/c1-4-18-13(20)12(14(21)19(5-2)15(18)22)17-16-11-8-6-10(3)7-9-11/h6-9,20H,4-5H2,1-3H3. The van der Waals surface area contributed by atoms with Crippen LogP contribution in [-0.2, 0) is 13.1 Å². The number of azo groups is 1. The Bertz CT molecular complexity index is 816. The van der Waals surface area contributed by atoms with Crippen LogP contribution in [0, 0.1) is 6.92 Å². The summed E-state index contributed by atoms with van der Waals surface area (Å²) in [7, 11) is 0. The van der Waals surface area contributed by atoms with Gasteiger partial charge in [-0.05, 0) is 32.9 Å².